The number of hydrogen-bond acceptors (Lipinski definition) is 4. The number of halogens is 1. The van der Waals surface area contributed by atoms with Crippen molar-refractivity contribution in [3.63, 3.8) is 0 Å². The Bertz CT molecular complexity index is 537. The topological polar surface area (TPSA) is 63.2 Å². The van der Waals surface area contributed by atoms with Crippen molar-refractivity contribution in [3.8, 4) is 0 Å². The summed E-state index contributed by atoms with van der Waals surface area (Å²) >= 11 is 4.54. The lowest BCUT2D eigenvalue weighted by molar-refractivity contribution is 0.523. The Labute approximate surface area is 122 Å². The van der Waals surface area contributed by atoms with Gasteiger partial charge in [-0.25, -0.2) is 13.1 Å². The molecule has 1 N–H and O–H groups in total. The van der Waals surface area contributed by atoms with Crippen molar-refractivity contribution < 1.29 is 12.6 Å². The molecule has 2 rings (SSSR count). The van der Waals surface area contributed by atoms with Gasteiger partial charge in [0.1, 0.15) is 4.21 Å². The predicted octanol–water partition coefficient (Wildman–Crippen LogP) is 2.01. The summed E-state index contributed by atoms with van der Waals surface area (Å²) < 4.78 is 39.4. The molecule has 0 atom stereocenters. The molecule has 1 aliphatic heterocycles. The molecule has 1 fully saturated rings. The monoisotopic (exact) mass is 371 g/mol. The van der Waals surface area contributed by atoms with Gasteiger partial charge in [-0.3, -0.25) is 4.21 Å². The Balaban J connectivity index is 2.10. The fourth-order valence-corrected chi connectivity index (χ4v) is 6.60. The predicted molar refractivity (Wildman–Crippen MR) is 78.0 cm³/mol. The maximum Gasteiger partial charge on any atom is 0.250 e. The molecule has 0 amide bonds. The van der Waals surface area contributed by atoms with Crippen LogP contribution in [0.4, 0.5) is 0 Å². The van der Waals surface area contributed by atoms with E-state index >= 15 is 0 Å². The summed E-state index contributed by atoms with van der Waals surface area (Å²) in [7, 11) is -4.21. The van der Waals surface area contributed by atoms with E-state index in [2.05, 4.69) is 20.7 Å². The number of nitrogens with one attached hydrogen (secondary N) is 1. The van der Waals surface area contributed by atoms with Crippen molar-refractivity contribution in [1.82, 2.24) is 4.72 Å². The number of hydrogen-bond donors (Lipinski definition) is 1. The maximum atomic E-state index is 12.2. The van der Waals surface area contributed by atoms with E-state index in [1.54, 1.807) is 6.07 Å². The average Bonchev–Trinajstić information content (AvgIpc) is 2.63. The van der Waals surface area contributed by atoms with Gasteiger partial charge in [-0.05, 0) is 47.3 Å². The van der Waals surface area contributed by atoms with Crippen LogP contribution in [-0.2, 0) is 20.8 Å². The molecule has 1 aliphatic rings. The van der Waals surface area contributed by atoms with Gasteiger partial charge in [-0.2, -0.15) is 0 Å². The summed E-state index contributed by atoms with van der Waals surface area (Å²) in [5.74, 6) is 1.17. The lowest BCUT2D eigenvalue weighted by Gasteiger charge is -2.21. The maximum absolute atomic E-state index is 12.2. The molecule has 1 aromatic rings. The molecule has 0 saturated carbocycles. The van der Waals surface area contributed by atoms with Crippen LogP contribution in [0, 0.1) is 6.92 Å². The first-order chi connectivity index (χ1) is 8.38. The highest BCUT2D eigenvalue weighted by Gasteiger charge is 2.25. The quantitative estimate of drug-likeness (QED) is 0.883. The van der Waals surface area contributed by atoms with E-state index < -0.39 is 20.8 Å². The minimum Gasteiger partial charge on any atom is -0.260 e. The van der Waals surface area contributed by atoms with E-state index in [0.29, 0.717) is 28.6 Å². The van der Waals surface area contributed by atoms with Crippen molar-refractivity contribution in [2.75, 3.05) is 11.5 Å². The number of sulfonamides is 1. The second-order valence-electron chi connectivity index (χ2n) is 4.27. The molecular weight excluding hydrogens is 358 g/mol. The number of thiophene rings is 1. The molecule has 1 aromatic heterocycles. The third-order valence-electron chi connectivity index (χ3n) is 2.81. The highest BCUT2D eigenvalue weighted by Crippen LogP contribution is 2.30. The molecule has 8 heteroatoms. The summed E-state index contributed by atoms with van der Waals surface area (Å²) in [5, 5.41) is 0. The normalized spacial score (nSPS) is 25.2. The molecule has 0 aromatic carbocycles. The summed E-state index contributed by atoms with van der Waals surface area (Å²) in [4.78, 5) is 0. The van der Waals surface area contributed by atoms with Crippen LogP contribution < -0.4 is 4.72 Å². The third kappa shape index (κ3) is 3.41. The van der Waals surface area contributed by atoms with Crippen LogP contribution >= 0.6 is 27.3 Å². The van der Waals surface area contributed by atoms with Crippen molar-refractivity contribution >= 4 is 48.1 Å². The zero-order chi connectivity index (χ0) is 13.3. The molecule has 0 spiro atoms. The Morgan fingerprint density at radius 1 is 1.44 bits per heavy atom. The molecule has 102 valence electrons. The van der Waals surface area contributed by atoms with Crippen LogP contribution in [0.15, 0.2) is 14.1 Å². The standard InChI is InChI=1S/C10H14BrNO3S3/c1-7-6-9(16-10(7)11)18(14,15)12-8-2-4-17(13)5-3-8/h6,8,12H,2-5H2,1H3. The van der Waals surface area contributed by atoms with Gasteiger partial charge in [0, 0.05) is 28.3 Å². The SMILES string of the molecule is Cc1cc(S(=O)(=O)NC2CCS(=O)CC2)sc1Br. The molecular formula is C10H14BrNO3S3. The van der Waals surface area contributed by atoms with Gasteiger partial charge < -0.3 is 0 Å². The molecule has 0 radical (unpaired) electrons. The van der Waals surface area contributed by atoms with Gasteiger partial charge in [-0.1, -0.05) is 0 Å². The van der Waals surface area contributed by atoms with Gasteiger partial charge in [-0.15, -0.1) is 11.3 Å². The van der Waals surface area contributed by atoms with Gasteiger partial charge >= 0.3 is 0 Å². The Hall–Kier alpha value is 0.240. The first-order valence-corrected chi connectivity index (χ1v) is 10.1. The Morgan fingerprint density at radius 3 is 2.56 bits per heavy atom. The van der Waals surface area contributed by atoms with Gasteiger partial charge in [0.05, 0.1) is 3.79 Å². The molecule has 4 nitrogen and oxygen atoms in total. The molecule has 2 heterocycles. The van der Waals surface area contributed by atoms with Crippen molar-refractivity contribution in [2.24, 2.45) is 0 Å². The molecule has 1 saturated heterocycles. The molecule has 0 aliphatic carbocycles. The summed E-state index contributed by atoms with van der Waals surface area (Å²) in [6.07, 6.45) is 1.30. The van der Waals surface area contributed by atoms with Gasteiger partial charge in [0.2, 0.25) is 10.0 Å². The zero-order valence-corrected chi connectivity index (χ0v) is 13.8. The molecule has 18 heavy (non-hydrogen) atoms. The van der Waals surface area contributed by atoms with Crippen LogP contribution in [-0.4, -0.2) is 30.2 Å². The lowest BCUT2D eigenvalue weighted by Crippen LogP contribution is -2.39. The largest absolute Gasteiger partial charge is 0.260 e. The van der Waals surface area contributed by atoms with E-state index in [1.807, 2.05) is 6.92 Å². The lowest BCUT2D eigenvalue weighted by atomic mass is 10.2. The zero-order valence-electron chi connectivity index (χ0n) is 9.81. The average molecular weight is 372 g/mol. The van der Waals surface area contributed by atoms with Gasteiger partial charge in [0.25, 0.3) is 0 Å². The van der Waals surface area contributed by atoms with E-state index in [9.17, 15) is 12.6 Å². The fraction of sp³-hybridized carbons (Fsp3) is 0.600. The smallest absolute Gasteiger partial charge is 0.250 e. The van der Waals surface area contributed by atoms with E-state index in [4.69, 9.17) is 0 Å². The second-order valence-corrected chi connectivity index (χ2v) is 10.3. The molecule has 0 bridgehead atoms. The summed E-state index contributed by atoms with van der Waals surface area (Å²) in [6.45, 7) is 1.86. The first kappa shape index (κ1) is 14.6. The van der Waals surface area contributed by atoms with Crippen molar-refractivity contribution in [2.45, 2.75) is 30.0 Å². The Morgan fingerprint density at radius 2 is 2.06 bits per heavy atom. The minimum atomic E-state index is -3.44. The number of aryl methyl sites for hydroxylation is 1. The summed E-state index contributed by atoms with van der Waals surface area (Å²) in [5.41, 5.74) is 0.921. The highest BCUT2D eigenvalue weighted by atomic mass is 79.9. The van der Waals surface area contributed by atoms with Crippen LogP contribution in [0.3, 0.4) is 0 Å². The minimum absolute atomic E-state index is 0.0890. The van der Waals surface area contributed by atoms with E-state index in [0.717, 1.165) is 9.35 Å². The van der Waals surface area contributed by atoms with Crippen molar-refractivity contribution in [3.05, 3.63) is 15.4 Å². The molecule has 0 unspecified atom stereocenters. The van der Waals surface area contributed by atoms with Crippen LogP contribution in [0.25, 0.3) is 0 Å². The third-order valence-corrected chi connectivity index (χ3v) is 8.32. The van der Waals surface area contributed by atoms with Gasteiger partial charge in [0.15, 0.2) is 0 Å². The second kappa shape index (κ2) is 5.70. The summed E-state index contributed by atoms with van der Waals surface area (Å²) in [6, 6.07) is 1.58. The Kier molecular flexibility index (Phi) is 4.64. The fourth-order valence-electron chi connectivity index (χ4n) is 1.75. The van der Waals surface area contributed by atoms with Crippen LogP contribution in [0.5, 0.6) is 0 Å². The highest BCUT2D eigenvalue weighted by molar-refractivity contribution is 9.11. The first-order valence-electron chi connectivity index (χ1n) is 5.52. The van der Waals surface area contributed by atoms with Crippen molar-refractivity contribution in [1.29, 1.82) is 0 Å². The van der Waals surface area contributed by atoms with E-state index in [1.165, 1.54) is 11.3 Å². The van der Waals surface area contributed by atoms with E-state index in [-0.39, 0.29) is 6.04 Å². The van der Waals surface area contributed by atoms with Crippen LogP contribution in [0.2, 0.25) is 0 Å². The number of rotatable bonds is 3. The van der Waals surface area contributed by atoms with Crippen LogP contribution in [0.1, 0.15) is 18.4 Å².